The van der Waals surface area contributed by atoms with Crippen molar-refractivity contribution in [1.29, 1.82) is 0 Å². The highest BCUT2D eigenvalue weighted by Crippen LogP contribution is 2.30. The van der Waals surface area contributed by atoms with E-state index >= 15 is 0 Å². The normalized spacial score (nSPS) is 28.1. The van der Waals surface area contributed by atoms with Crippen molar-refractivity contribution in [3.63, 3.8) is 0 Å². The maximum atomic E-state index is 9.72. The van der Waals surface area contributed by atoms with Crippen molar-refractivity contribution >= 4 is 23.2 Å². The van der Waals surface area contributed by atoms with Crippen LogP contribution in [0.15, 0.2) is 48.6 Å². The standard InChI is InChI=1S/C12H10Cl2O2/c13-9-4-6-10(7-5-9)16-12(14)8-2-1-3-11(12)15/h1-8,11,15H. The van der Waals surface area contributed by atoms with Crippen molar-refractivity contribution in [2.75, 3.05) is 0 Å². The summed E-state index contributed by atoms with van der Waals surface area (Å²) < 4.78 is 5.53. The highest BCUT2D eigenvalue weighted by atomic mass is 35.5. The molecule has 0 heterocycles. The molecule has 1 aromatic carbocycles. The van der Waals surface area contributed by atoms with Gasteiger partial charge in [0.25, 0.3) is 0 Å². The van der Waals surface area contributed by atoms with Crippen LogP contribution in [-0.4, -0.2) is 16.3 Å². The van der Waals surface area contributed by atoms with Crippen LogP contribution in [0.4, 0.5) is 0 Å². The minimum absolute atomic E-state index is 0.554. The van der Waals surface area contributed by atoms with E-state index in [-0.39, 0.29) is 0 Å². The van der Waals surface area contributed by atoms with Crippen LogP contribution in [0.1, 0.15) is 0 Å². The van der Waals surface area contributed by atoms with Crippen molar-refractivity contribution < 1.29 is 9.84 Å². The fourth-order valence-electron chi connectivity index (χ4n) is 1.36. The van der Waals surface area contributed by atoms with Crippen LogP contribution < -0.4 is 4.74 Å². The molecule has 0 bridgehead atoms. The van der Waals surface area contributed by atoms with Crippen molar-refractivity contribution in [3.8, 4) is 5.75 Å². The van der Waals surface area contributed by atoms with E-state index in [0.717, 1.165) is 0 Å². The molecule has 1 N–H and O–H groups in total. The van der Waals surface area contributed by atoms with Gasteiger partial charge in [0.05, 0.1) is 0 Å². The lowest BCUT2D eigenvalue weighted by Crippen LogP contribution is -2.40. The van der Waals surface area contributed by atoms with Crippen LogP contribution in [0.25, 0.3) is 0 Å². The quantitative estimate of drug-likeness (QED) is 0.825. The molecule has 0 fully saturated rings. The zero-order valence-corrected chi connectivity index (χ0v) is 9.82. The molecule has 2 atom stereocenters. The van der Waals surface area contributed by atoms with Crippen molar-refractivity contribution in [1.82, 2.24) is 0 Å². The van der Waals surface area contributed by atoms with Gasteiger partial charge in [0, 0.05) is 5.02 Å². The molecule has 4 heteroatoms. The topological polar surface area (TPSA) is 29.5 Å². The molecule has 2 rings (SSSR count). The van der Waals surface area contributed by atoms with Gasteiger partial charge in [0.2, 0.25) is 5.06 Å². The molecular weight excluding hydrogens is 247 g/mol. The van der Waals surface area contributed by atoms with Crippen LogP contribution in [0.5, 0.6) is 5.75 Å². The summed E-state index contributed by atoms with van der Waals surface area (Å²) in [7, 11) is 0. The summed E-state index contributed by atoms with van der Waals surface area (Å²) in [6, 6.07) is 6.80. The zero-order valence-electron chi connectivity index (χ0n) is 8.31. The smallest absolute Gasteiger partial charge is 0.230 e. The molecule has 0 saturated heterocycles. The summed E-state index contributed by atoms with van der Waals surface area (Å²) in [5.74, 6) is 0.554. The van der Waals surface area contributed by atoms with Gasteiger partial charge in [-0.05, 0) is 30.3 Å². The van der Waals surface area contributed by atoms with Crippen LogP contribution in [-0.2, 0) is 0 Å². The zero-order chi connectivity index (χ0) is 11.6. The summed E-state index contributed by atoms with van der Waals surface area (Å²) in [5, 5.41) is 9.10. The van der Waals surface area contributed by atoms with E-state index in [2.05, 4.69) is 0 Å². The van der Waals surface area contributed by atoms with Gasteiger partial charge in [-0.15, -0.1) is 0 Å². The lowest BCUT2D eigenvalue weighted by Gasteiger charge is -2.29. The highest BCUT2D eigenvalue weighted by Gasteiger charge is 2.35. The molecule has 1 aliphatic carbocycles. The Labute approximate surface area is 104 Å². The second-order valence-electron chi connectivity index (χ2n) is 3.44. The van der Waals surface area contributed by atoms with E-state index in [0.29, 0.717) is 10.8 Å². The molecule has 0 aliphatic heterocycles. The van der Waals surface area contributed by atoms with Crippen molar-refractivity contribution in [3.05, 3.63) is 53.6 Å². The summed E-state index contributed by atoms with van der Waals surface area (Å²) >= 11 is 11.9. The number of rotatable bonds is 2. The minimum atomic E-state index is -1.25. The monoisotopic (exact) mass is 256 g/mol. The Morgan fingerprint density at radius 1 is 1.19 bits per heavy atom. The number of hydrogen-bond donors (Lipinski definition) is 1. The van der Waals surface area contributed by atoms with E-state index in [1.165, 1.54) is 0 Å². The molecule has 1 aromatic rings. The maximum absolute atomic E-state index is 9.72. The van der Waals surface area contributed by atoms with Gasteiger partial charge in [-0.25, -0.2) is 0 Å². The predicted octanol–water partition coefficient (Wildman–Crippen LogP) is 3.14. The summed E-state index contributed by atoms with van der Waals surface area (Å²) in [6.07, 6.45) is 5.75. The molecule has 0 aromatic heterocycles. The molecule has 2 unspecified atom stereocenters. The Hall–Kier alpha value is -0.960. The lowest BCUT2D eigenvalue weighted by molar-refractivity contribution is 0.0661. The summed E-state index contributed by atoms with van der Waals surface area (Å²) in [6.45, 7) is 0. The Morgan fingerprint density at radius 2 is 1.88 bits per heavy atom. The summed E-state index contributed by atoms with van der Waals surface area (Å²) in [5.41, 5.74) is 0. The number of halogens is 2. The van der Waals surface area contributed by atoms with Crippen LogP contribution >= 0.6 is 23.2 Å². The number of alkyl halides is 1. The first-order valence-electron chi connectivity index (χ1n) is 4.78. The second-order valence-corrected chi connectivity index (χ2v) is 4.47. The second kappa shape index (κ2) is 4.50. The third kappa shape index (κ3) is 2.40. The Kier molecular flexibility index (Phi) is 3.24. The average molecular weight is 257 g/mol. The molecule has 0 spiro atoms. The minimum Gasteiger partial charge on any atom is -0.465 e. The molecule has 0 radical (unpaired) electrons. The highest BCUT2D eigenvalue weighted by molar-refractivity contribution is 6.30. The van der Waals surface area contributed by atoms with E-state index in [1.807, 2.05) is 0 Å². The Morgan fingerprint density at radius 3 is 2.50 bits per heavy atom. The average Bonchev–Trinajstić information content (AvgIpc) is 2.26. The van der Waals surface area contributed by atoms with Crippen molar-refractivity contribution in [2.24, 2.45) is 0 Å². The SMILES string of the molecule is OC1C=CC=CC1(Cl)Oc1ccc(Cl)cc1. The van der Waals surface area contributed by atoms with Gasteiger partial charge in [0.1, 0.15) is 11.9 Å². The van der Waals surface area contributed by atoms with Crippen LogP contribution in [0.2, 0.25) is 5.02 Å². The molecule has 0 saturated carbocycles. The maximum Gasteiger partial charge on any atom is 0.230 e. The molecule has 0 amide bonds. The number of ether oxygens (including phenoxy) is 1. The lowest BCUT2D eigenvalue weighted by atomic mass is 10.1. The van der Waals surface area contributed by atoms with Gasteiger partial charge in [-0.2, -0.15) is 0 Å². The van der Waals surface area contributed by atoms with Gasteiger partial charge >= 0.3 is 0 Å². The molecule has 2 nitrogen and oxygen atoms in total. The number of allylic oxidation sites excluding steroid dienone is 2. The number of benzene rings is 1. The Balaban J connectivity index is 2.17. The number of aliphatic hydroxyl groups is 1. The molecule has 84 valence electrons. The van der Waals surface area contributed by atoms with E-state index < -0.39 is 11.2 Å². The van der Waals surface area contributed by atoms with Crippen molar-refractivity contribution in [2.45, 2.75) is 11.2 Å². The first-order valence-corrected chi connectivity index (χ1v) is 5.53. The van der Waals surface area contributed by atoms with Crippen LogP contribution in [0, 0.1) is 0 Å². The van der Waals surface area contributed by atoms with Crippen LogP contribution in [0.3, 0.4) is 0 Å². The fourth-order valence-corrected chi connectivity index (χ4v) is 1.72. The van der Waals surface area contributed by atoms with Gasteiger partial charge in [-0.3, -0.25) is 0 Å². The summed E-state index contributed by atoms with van der Waals surface area (Å²) in [4.78, 5) is 0. The molecular formula is C12H10Cl2O2. The van der Waals surface area contributed by atoms with E-state index in [9.17, 15) is 5.11 Å². The van der Waals surface area contributed by atoms with Gasteiger partial charge in [-0.1, -0.05) is 41.4 Å². The fraction of sp³-hybridized carbons (Fsp3) is 0.167. The number of hydrogen-bond acceptors (Lipinski definition) is 2. The third-order valence-corrected chi connectivity index (χ3v) is 2.90. The first kappa shape index (κ1) is 11.5. The van der Waals surface area contributed by atoms with E-state index in [1.54, 1.807) is 48.6 Å². The van der Waals surface area contributed by atoms with Gasteiger partial charge < -0.3 is 9.84 Å². The Bertz CT molecular complexity index is 425. The van der Waals surface area contributed by atoms with E-state index in [4.69, 9.17) is 27.9 Å². The molecule has 16 heavy (non-hydrogen) atoms. The first-order chi connectivity index (χ1) is 7.60. The number of aliphatic hydroxyl groups excluding tert-OH is 1. The predicted molar refractivity (Wildman–Crippen MR) is 65.0 cm³/mol. The third-order valence-electron chi connectivity index (χ3n) is 2.22. The van der Waals surface area contributed by atoms with Gasteiger partial charge in [0.15, 0.2) is 0 Å². The molecule has 1 aliphatic rings. The largest absolute Gasteiger partial charge is 0.465 e.